The highest BCUT2D eigenvalue weighted by molar-refractivity contribution is 8.18. The van der Waals surface area contributed by atoms with Gasteiger partial charge in [-0.25, -0.2) is 4.79 Å². The average Bonchev–Trinajstić information content (AvgIpc) is 2.93. The van der Waals surface area contributed by atoms with E-state index >= 15 is 0 Å². The molecule has 130 valence electrons. The lowest BCUT2D eigenvalue weighted by Crippen LogP contribution is -2.19. The molecular weight excluding hydrogens is 342 g/mol. The summed E-state index contributed by atoms with van der Waals surface area (Å²) < 4.78 is 9.99. The van der Waals surface area contributed by atoms with Crippen LogP contribution < -0.4 is 10.1 Å². The smallest absolute Gasteiger partial charge is 0.331 e. The van der Waals surface area contributed by atoms with E-state index in [0.717, 1.165) is 34.7 Å². The predicted molar refractivity (Wildman–Crippen MR) is 97.6 cm³/mol. The number of nitrogens with one attached hydrogen (secondary N) is 1. The Morgan fingerprint density at radius 2 is 2.08 bits per heavy atom. The number of nitrogens with zero attached hydrogens (tertiary/aromatic N) is 2. The molecule has 0 aromatic heterocycles. The molecule has 1 aliphatic heterocycles. The number of hydrogen-bond donors (Lipinski definition) is 1. The zero-order valence-electron chi connectivity index (χ0n) is 13.8. The second kappa shape index (κ2) is 8.84. The lowest BCUT2D eigenvalue weighted by Gasteiger charge is -2.05. The van der Waals surface area contributed by atoms with Gasteiger partial charge in [-0.1, -0.05) is 6.58 Å². The van der Waals surface area contributed by atoms with E-state index in [0.29, 0.717) is 6.61 Å². The van der Waals surface area contributed by atoms with E-state index in [4.69, 9.17) is 4.74 Å². The van der Waals surface area contributed by atoms with Gasteiger partial charge >= 0.3 is 5.97 Å². The molecule has 0 atom stereocenters. The minimum Gasteiger partial charge on any atom is -0.489 e. The molecule has 1 N–H and O–H groups in total. The van der Waals surface area contributed by atoms with Gasteiger partial charge in [-0.15, -0.1) is 5.10 Å². The first-order valence-electron chi connectivity index (χ1n) is 7.25. The maximum absolute atomic E-state index is 11.7. The highest BCUT2D eigenvalue weighted by Crippen LogP contribution is 2.23. The summed E-state index contributed by atoms with van der Waals surface area (Å²) in [7, 11) is 1.24. The van der Waals surface area contributed by atoms with E-state index < -0.39 is 11.9 Å². The van der Waals surface area contributed by atoms with Gasteiger partial charge in [0.05, 0.1) is 18.2 Å². The van der Waals surface area contributed by atoms with E-state index in [9.17, 15) is 9.59 Å². The fourth-order valence-corrected chi connectivity index (χ4v) is 2.38. The molecule has 7 nitrogen and oxygen atoms in total. The summed E-state index contributed by atoms with van der Waals surface area (Å²) >= 11 is 1.02. The standard InChI is InChI=1S/C17H17N3O4S/c1-11(2)10-24-13-6-4-12(5-7-13)9-18-20-17-19-16(22)14(25-17)8-15(21)23-3/h4-9H,1,10H2,2-3H3,(H,19,20,22)/b14-8+,18-9?. The number of rotatable bonds is 6. The minimum absolute atomic E-state index is 0.208. The first-order chi connectivity index (χ1) is 12.0. The zero-order valence-corrected chi connectivity index (χ0v) is 14.6. The second-order valence-corrected chi connectivity index (χ2v) is 6.08. The Hall–Kier alpha value is -2.87. The third-order valence-electron chi connectivity index (χ3n) is 2.82. The number of carbonyl (C=O) groups is 2. The van der Waals surface area contributed by atoms with Crippen molar-refractivity contribution in [3.05, 3.63) is 53.0 Å². The average molecular weight is 359 g/mol. The van der Waals surface area contributed by atoms with E-state index in [1.165, 1.54) is 7.11 Å². The van der Waals surface area contributed by atoms with Gasteiger partial charge in [0.1, 0.15) is 12.4 Å². The molecule has 0 bridgehead atoms. The van der Waals surface area contributed by atoms with Crippen LogP contribution >= 0.6 is 11.8 Å². The number of methoxy groups -OCH3 is 1. The number of esters is 1. The molecule has 1 aliphatic rings. The summed E-state index contributed by atoms with van der Waals surface area (Å²) in [4.78, 5) is 23.0. The van der Waals surface area contributed by atoms with Gasteiger partial charge in [-0.3, -0.25) is 10.1 Å². The van der Waals surface area contributed by atoms with E-state index in [2.05, 4.69) is 26.8 Å². The van der Waals surface area contributed by atoms with Crippen LogP contribution in [0.4, 0.5) is 0 Å². The normalized spacial score (nSPS) is 17.1. The maximum atomic E-state index is 11.7. The molecular formula is C17H17N3O4S. The van der Waals surface area contributed by atoms with Crippen molar-refractivity contribution in [3.63, 3.8) is 0 Å². The monoisotopic (exact) mass is 359 g/mol. The summed E-state index contributed by atoms with van der Waals surface area (Å²) in [6.07, 6.45) is 2.65. The molecule has 0 radical (unpaired) electrons. The van der Waals surface area contributed by atoms with Crippen molar-refractivity contribution in [2.75, 3.05) is 13.7 Å². The number of benzene rings is 1. The predicted octanol–water partition coefficient (Wildman–Crippen LogP) is 2.25. The first-order valence-corrected chi connectivity index (χ1v) is 8.06. The fraction of sp³-hybridized carbons (Fsp3) is 0.176. The zero-order chi connectivity index (χ0) is 18.2. The molecule has 1 heterocycles. The van der Waals surface area contributed by atoms with E-state index in [1.54, 1.807) is 6.21 Å². The fourth-order valence-electron chi connectivity index (χ4n) is 1.65. The molecule has 2 rings (SSSR count). The van der Waals surface area contributed by atoms with Gasteiger partial charge < -0.3 is 9.47 Å². The molecule has 1 amide bonds. The molecule has 1 saturated heterocycles. The Kier molecular flexibility index (Phi) is 6.53. The minimum atomic E-state index is -0.601. The van der Waals surface area contributed by atoms with E-state index in [1.807, 2.05) is 31.2 Å². The summed E-state index contributed by atoms with van der Waals surface area (Å²) in [5, 5.41) is 10.6. The van der Waals surface area contributed by atoms with Gasteiger partial charge in [0.15, 0.2) is 5.17 Å². The SMILES string of the molecule is C=C(C)COc1ccc(C=N/N=C2/NC(=O)/C(=C\C(=O)OC)S2)cc1. The number of ether oxygens (including phenoxy) is 2. The molecule has 25 heavy (non-hydrogen) atoms. The van der Waals surface area contributed by atoms with Crippen LogP contribution in [-0.2, 0) is 14.3 Å². The Morgan fingerprint density at radius 3 is 2.72 bits per heavy atom. The number of carbonyl (C=O) groups excluding carboxylic acids is 2. The lowest BCUT2D eigenvalue weighted by molar-refractivity contribution is -0.135. The van der Waals surface area contributed by atoms with E-state index in [-0.39, 0.29) is 10.1 Å². The number of thioether (sulfide) groups is 1. The molecule has 0 unspecified atom stereocenters. The molecule has 1 fully saturated rings. The Morgan fingerprint density at radius 1 is 1.36 bits per heavy atom. The van der Waals surface area contributed by atoms with Crippen LogP contribution in [0.15, 0.2) is 57.6 Å². The number of amides is 1. The van der Waals surface area contributed by atoms with Crippen LogP contribution in [0.25, 0.3) is 0 Å². The number of hydrogen-bond acceptors (Lipinski definition) is 7. The van der Waals surface area contributed by atoms with Gasteiger partial charge in [0.2, 0.25) is 0 Å². The third-order valence-corrected chi connectivity index (χ3v) is 3.72. The van der Waals surface area contributed by atoms with Crippen LogP contribution in [0.1, 0.15) is 12.5 Å². The second-order valence-electron chi connectivity index (χ2n) is 5.05. The number of amidine groups is 1. The summed E-state index contributed by atoms with van der Waals surface area (Å²) in [5.41, 5.74) is 1.77. The van der Waals surface area contributed by atoms with Gasteiger partial charge in [0.25, 0.3) is 5.91 Å². The molecule has 0 spiro atoms. The summed E-state index contributed by atoms with van der Waals surface area (Å²) in [6, 6.07) is 7.31. The molecule has 1 aromatic carbocycles. The topological polar surface area (TPSA) is 89.4 Å². The van der Waals surface area contributed by atoms with Crippen LogP contribution in [0, 0.1) is 0 Å². The van der Waals surface area contributed by atoms with Crippen molar-refractivity contribution >= 4 is 35.0 Å². The molecule has 1 aromatic rings. The highest BCUT2D eigenvalue weighted by Gasteiger charge is 2.24. The van der Waals surface area contributed by atoms with Crippen molar-refractivity contribution in [2.24, 2.45) is 10.2 Å². The highest BCUT2D eigenvalue weighted by atomic mass is 32.2. The summed E-state index contributed by atoms with van der Waals surface area (Å²) in [5.74, 6) is -0.276. The Balaban J connectivity index is 1.95. The van der Waals surface area contributed by atoms with Crippen molar-refractivity contribution in [1.29, 1.82) is 0 Å². The van der Waals surface area contributed by atoms with Crippen LogP contribution in [0.3, 0.4) is 0 Å². The van der Waals surface area contributed by atoms with Gasteiger partial charge in [-0.2, -0.15) is 5.10 Å². The van der Waals surface area contributed by atoms with Crippen LogP contribution in [0.2, 0.25) is 0 Å². The van der Waals surface area contributed by atoms with Crippen molar-refractivity contribution < 1.29 is 19.1 Å². The third kappa shape index (κ3) is 5.92. The first kappa shape index (κ1) is 18.5. The summed E-state index contributed by atoms with van der Waals surface area (Å²) in [6.45, 7) is 6.14. The molecule has 8 heteroatoms. The van der Waals surface area contributed by atoms with Crippen molar-refractivity contribution in [2.45, 2.75) is 6.92 Å². The largest absolute Gasteiger partial charge is 0.489 e. The van der Waals surface area contributed by atoms with Crippen LogP contribution in [0.5, 0.6) is 5.75 Å². The van der Waals surface area contributed by atoms with Gasteiger partial charge in [0, 0.05) is 6.08 Å². The lowest BCUT2D eigenvalue weighted by atomic mass is 10.2. The van der Waals surface area contributed by atoms with Crippen molar-refractivity contribution in [3.8, 4) is 5.75 Å². The maximum Gasteiger partial charge on any atom is 0.331 e. The van der Waals surface area contributed by atoms with Gasteiger partial charge in [-0.05, 0) is 54.1 Å². The Labute approximate surface area is 149 Å². The Bertz CT molecular complexity index is 767. The van der Waals surface area contributed by atoms with Crippen LogP contribution in [-0.4, -0.2) is 37.0 Å². The molecule has 0 saturated carbocycles. The molecule has 0 aliphatic carbocycles. The van der Waals surface area contributed by atoms with Crippen molar-refractivity contribution in [1.82, 2.24) is 5.32 Å². The quantitative estimate of drug-likeness (QED) is 0.277.